The van der Waals surface area contributed by atoms with Gasteiger partial charge in [-0.2, -0.15) is 0 Å². The Labute approximate surface area is 170 Å². The van der Waals surface area contributed by atoms with Gasteiger partial charge in [0.25, 0.3) is 0 Å². The van der Waals surface area contributed by atoms with Crippen LogP contribution >= 0.6 is 0 Å². The highest BCUT2D eigenvalue weighted by Gasteiger charge is 2.45. The van der Waals surface area contributed by atoms with Crippen LogP contribution in [0.5, 0.6) is 0 Å². The number of ketones is 1. The van der Waals surface area contributed by atoms with Crippen LogP contribution in [-0.2, 0) is 9.53 Å². The van der Waals surface area contributed by atoms with Crippen LogP contribution in [0.3, 0.4) is 0 Å². The van der Waals surface area contributed by atoms with Gasteiger partial charge in [0.05, 0.1) is 24.4 Å². The lowest BCUT2D eigenvalue weighted by molar-refractivity contribution is -0.138. The number of nitrogens with zero attached hydrogens (tertiary/aromatic N) is 1. The van der Waals surface area contributed by atoms with Gasteiger partial charge in [0.15, 0.2) is 5.78 Å². The molecule has 1 aliphatic carbocycles. The van der Waals surface area contributed by atoms with E-state index in [1.54, 1.807) is 6.92 Å². The minimum absolute atomic E-state index is 0.0687. The van der Waals surface area contributed by atoms with Crippen LogP contribution in [0.4, 0.5) is 0 Å². The summed E-state index contributed by atoms with van der Waals surface area (Å²) in [5.74, 6) is 1.68. The van der Waals surface area contributed by atoms with E-state index in [-0.39, 0.29) is 18.9 Å². The van der Waals surface area contributed by atoms with Crippen molar-refractivity contribution in [2.24, 2.45) is 0 Å². The Morgan fingerprint density at radius 3 is 2.41 bits per heavy atom. The van der Waals surface area contributed by atoms with Crippen molar-refractivity contribution in [2.45, 2.75) is 19.8 Å². The van der Waals surface area contributed by atoms with Gasteiger partial charge >= 0.3 is 5.97 Å². The Bertz CT molecular complexity index is 1100. The molecule has 0 amide bonds. The lowest BCUT2D eigenvalue weighted by Gasteiger charge is -2.36. The van der Waals surface area contributed by atoms with Gasteiger partial charge in [-0.15, -0.1) is 6.42 Å². The van der Waals surface area contributed by atoms with E-state index in [2.05, 4.69) is 5.92 Å². The smallest absolute Gasteiger partial charge is 0.336 e. The summed E-state index contributed by atoms with van der Waals surface area (Å²) >= 11 is 0. The van der Waals surface area contributed by atoms with E-state index in [1.165, 1.54) is 0 Å². The van der Waals surface area contributed by atoms with E-state index in [0.717, 1.165) is 22.5 Å². The number of hydrogen-bond acceptors (Lipinski definition) is 4. The molecule has 0 aromatic heterocycles. The third kappa shape index (κ3) is 2.87. The standard InChI is InChI=1S/C25H21NO3/c1-4-15-26-16(3)20(25(28)29-5-2)21(17-11-7-6-8-12-17)22-23(26)18-13-9-10-14-19(18)24(22)27/h1,6-14,21H,5,15H2,2-3H3. The molecule has 1 heterocycles. The predicted octanol–water partition coefficient (Wildman–Crippen LogP) is 4.16. The predicted molar refractivity (Wildman–Crippen MR) is 112 cm³/mol. The highest BCUT2D eigenvalue weighted by Crippen LogP contribution is 2.50. The molecule has 2 aromatic carbocycles. The van der Waals surface area contributed by atoms with Crippen LogP contribution in [0, 0.1) is 12.3 Å². The number of hydrogen-bond donors (Lipinski definition) is 0. The zero-order valence-corrected chi connectivity index (χ0v) is 16.4. The molecule has 1 unspecified atom stereocenters. The number of ether oxygens (including phenoxy) is 1. The van der Waals surface area contributed by atoms with Gasteiger partial charge in [-0.3, -0.25) is 4.79 Å². The van der Waals surface area contributed by atoms with Crippen molar-refractivity contribution < 1.29 is 14.3 Å². The van der Waals surface area contributed by atoms with Crippen LogP contribution in [-0.4, -0.2) is 29.8 Å². The maximum Gasteiger partial charge on any atom is 0.336 e. The van der Waals surface area contributed by atoms with E-state index in [0.29, 0.717) is 16.7 Å². The lowest BCUT2D eigenvalue weighted by Crippen LogP contribution is -2.33. The molecule has 4 nitrogen and oxygen atoms in total. The van der Waals surface area contributed by atoms with Crippen molar-refractivity contribution in [3.05, 3.63) is 88.1 Å². The first-order valence-corrected chi connectivity index (χ1v) is 9.62. The fourth-order valence-electron chi connectivity index (χ4n) is 4.25. The average Bonchev–Trinajstić information content (AvgIpc) is 3.03. The second-order valence-electron chi connectivity index (χ2n) is 6.99. The number of Topliss-reactive ketones (excluding diaryl/α,β-unsaturated/α-hetero) is 1. The molecule has 2 aromatic rings. The molecular weight excluding hydrogens is 362 g/mol. The molecule has 0 spiro atoms. The van der Waals surface area contributed by atoms with E-state index >= 15 is 0 Å². The number of carbonyl (C=O) groups is 2. The van der Waals surface area contributed by atoms with Crippen LogP contribution in [0.2, 0.25) is 0 Å². The molecular formula is C25H21NO3. The van der Waals surface area contributed by atoms with E-state index in [9.17, 15) is 9.59 Å². The zero-order chi connectivity index (χ0) is 20.5. The number of allylic oxidation sites excluding steroid dienone is 2. The number of esters is 1. The number of carbonyl (C=O) groups excluding carboxylic acids is 2. The second-order valence-corrected chi connectivity index (χ2v) is 6.99. The molecule has 4 heteroatoms. The fourth-order valence-corrected chi connectivity index (χ4v) is 4.25. The first-order chi connectivity index (χ1) is 14.1. The van der Waals surface area contributed by atoms with Gasteiger partial charge in [-0.1, -0.05) is 60.5 Å². The molecule has 2 aliphatic rings. The van der Waals surface area contributed by atoms with E-state index in [1.807, 2.05) is 66.4 Å². The van der Waals surface area contributed by atoms with Gasteiger partial charge in [0.1, 0.15) is 0 Å². The van der Waals surface area contributed by atoms with Crippen molar-refractivity contribution in [1.29, 1.82) is 0 Å². The highest BCUT2D eigenvalue weighted by molar-refractivity contribution is 6.23. The average molecular weight is 383 g/mol. The molecule has 4 rings (SSSR count). The number of rotatable bonds is 4. The molecule has 0 fully saturated rings. The van der Waals surface area contributed by atoms with E-state index < -0.39 is 11.9 Å². The van der Waals surface area contributed by atoms with Gasteiger partial charge in [0, 0.05) is 28.3 Å². The topological polar surface area (TPSA) is 46.6 Å². The summed E-state index contributed by atoms with van der Waals surface area (Å²) in [5.41, 5.74) is 4.93. The maximum atomic E-state index is 13.5. The summed E-state index contributed by atoms with van der Waals surface area (Å²) < 4.78 is 5.38. The first-order valence-electron chi connectivity index (χ1n) is 9.62. The maximum absolute atomic E-state index is 13.5. The molecule has 0 radical (unpaired) electrons. The molecule has 0 bridgehead atoms. The number of terminal acetylenes is 1. The van der Waals surface area contributed by atoms with Crippen molar-refractivity contribution in [3.63, 3.8) is 0 Å². The summed E-state index contributed by atoms with van der Waals surface area (Å²) in [6.07, 6.45) is 5.65. The molecule has 0 N–H and O–H groups in total. The Kier molecular flexibility index (Phi) is 4.82. The quantitative estimate of drug-likeness (QED) is 0.587. The van der Waals surface area contributed by atoms with Gasteiger partial charge in [-0.05, 0) is 19.4 Å². The molecule has 1 aliphatic heterocycles. The number of fused-ring (bicyclic) bond motifs is 2. The summed E-state index contributed by atoms with van der Waals surface area (Å²) in [6, 6.07) is 17.1. The van der Waals surface area contributed by atoms with Gasteiger partial charge in [-0.25, -0.2) is 4.79 Å². The third-order valence-corrected chi connectivity index (χ3v) is 5.45. The lowest BCUT2D eigenvalue weighted by atomic mass is 9.79. The van der Waals surface area contributed by atoms with Crippen molar-refractivity contribution >= 4 is 17.4 Å². The van der Waals surface area contributed by atoms with Crippen LogP contribution < -0.4 is 0 Å². The van der Waals surface area contributed by atoms with Gasteiger partial charge < -0.3 is 9.64 Å². The van der Waals surface area contributed by atoms with Crippen LogP contribution in [0.1, 0.15) is 41.3 Å². The van der Waals surface area contributed by atoms with Crippen LogP contribution in [0.25, 0.3) is 5.70 Å². The molecule has 144 valence electrons. The SMILES string of the molecule is C#CCN1C(C)=C(C(=O)OCC)C(c2ccccc2)C2=C1c1ccccc1C2=O. The van der Waals surface area contributed by atoms with Crippen molar-refractivity contribution in [2.75, 3.05) is 13.2 Å². The first kappa shape index (κ1) is 18.8. The Hall–Kier alpha value is -3.58. The van der Waals surface area contributed by atoms with Crippen molar-refractivity contribution in [3.8, 4) is 12.3 Å². The van der Waals surface area contributed by atoms with E-state index in [4.69, 9.17) is 11.2 Å². The fraction of sp³-hybridized carbons (Fsp3) is 0.200. The second kappa shape index (κ2) is 7.44. The van der Waals surface area contributed by atoms with Crippen molar-refractivity contribution in [1.82, 2.24) is 4.90 Å². The minimum Gasteiger partial charge on any atom is -0.463 e. The highest BCUT2D eigenvalue weighted by atomic mass is 16.5. The molecule has 1 atom stereocenters. The minimum atomic E-state index is -0.501. The number of benzene rings is 2. The zero-order valence-electron chi connectivity index (χ0n) is 16.4. The van der Waals surface area contributed by atoms with Gasteiger partial charge in [0.2, 0.25) is 0 Å². The summed E-state index contributed by atoms with van der Waals surface area (Å²) in [4.78, 5) is 28.4. The molecule has 0 saturated carbocycles. The normalized spacial score (nSPS) is 17.8. The largest absolute Gasteiger partial charge is 0.463 e. The summed E-state index contributed by atoms with van der Waals surface area (Å²) in [7, 11) is 0. The third-order valence-electron chi connectivity index (χ3n) is 5.45. The Balaban J connectivity index is 2.01. The summed E-state index contributed by atoms with van der Waals surface area (Å²) in [5, 5.41) is 0. The molecule has 0 saturated heterocycles. The summed E-state index contributed by atoms with van der Waals surface area (Å²) in [6.45, 7) is 4.16. The molecule has 29 heavy (non-hydrogen) atoms. The monoisotopic (exact) mass is 383 g/mol. The Morgan fingerprint density at radius 2 is 1.76 bits per heavy atom. The Morgan fingerprint density at radius 1 is 1.10 bits per heavy atom. The van der Waals surface area contributed by atoms with Crippen LogP contribution in [0.15, 0.2) is 71.4 Å².